The van der Waals surface area contributed by atoms with Crippen LogP contribution < -0.4 is 5.32 Å². The topological polar surface area (TPSA) is 155 Å². The zero-order valence-corrected chi connectivity index (χ0v) is 20.0. The Kier molecular flexibility index (Phi) is 5.37. The van der Waals surface area contributed by atoms with Crippen LogP contribution in [0.4, 0.5) is 5.69 Å². The number of hydrogen-bond donors (Lipinski definition) is 1. The van der Waals surface area contributed by atoms with Gasteiger partial charge >= 0.3 is 11.9 Å². The molecule has 2 bridgehead atoms. The van der Waals surface area contributed by atoms with Crippen LogP contribution in [0.25, 0.3) is 0 Å². The molecule has 1 saturated carbocycles. The Labute approximate surface area is 201 Å². The number of carbonyl (C=O) groups excluding carboxylic acids is 3. The van der Waals surface area contributed by atoms with Gasteiger partial charge in [-0.2, -0.15) is 10.5 Å². The number of esters is 2. The highest BCUT2D eigenvalue weighted by atomic mass is 16.5. The first kappa shape index (κ1) is 23.8. The Morgan fingerprint density at radius 3 is 2.11 bits per heavy atom. The average Bonchev–Trinajstić information content (AvgIpc) is 3.16. The third-order valence-electron chi connectivity index (χ3n) is 7.96. The number of anilines is 1. The molecule has 178 valence electrons. The SMILES string of the molecule is COC(=O)c1ccc(C(=O)OC)c(NC(=O)C23CCC(C)(c4nc(C#N)c(C#N)nc42)C3(C)C)c1. The van der Waals surface area contributed by atoms with Crippen LogP contribution in [0.5, 0.6) is 0 Å². The third-order valence-corrected chi connectivity index (χ3v) is 7.96. The van der Waals surface area contributed by atoms with Crippen molar-refractivity contribution in [3.05, 3.63) is 52.1 Å². The Morgan fingerprint density at radius 2 is 1.54 bits per heavy atom. The summed E-state index contributed by atoms with van der Waals surface area (Å²) in [6.45, 7) is 5.85. The summed E-state index contributed by atoms with van der Waals surface area (Å²) in [6.07, 6.45) is 1.03. The normalized spacial score (nSPS) is 22.9. The fraction of sp³-hybridized carbons (Fsp3) is 0.400. The van der Waals surface area contributed by atoms with E-state index in [0.717, 1.165) is 0 Å². The lowest BCUT2D eigenvalue weighted by atomic mass is 9.63. The first-order valence-electron chi connectivity index (χ1n) is 10.9. The Bertz CT molecular complexity index is 1390. The van der Waals surface area contributed by atoms with Crippen molar-refractivity contribution in [2.75, 3.05) is 19.5 Å². The fourth-order valence-corrected chi connectivity index (χ4v) is 5.55. The highest BCUT2D eigenvalue weighted by molar-refractivity contribution is 6.07. The summed E-state index contributed by atoms with van der Waals surface area (Å²) in [6, 6.07) is 7.96. The lowest BCUT2D eigenvalue weighted by Gasteiger charge is -2.39. The Hall–Kier alpha value is -4.31. The van der Waals surface area contributed by atoms with Crippen molar-refractivity contribution < 1.29 is 23.9 Å². The number of nitrogens with one attached hydrogen (secondary N) is 1. The molecule has 0 saturated heterocycles. The lowest BCUT2D eigenvalue weighted by molar-refractivity contribution is -0.125. The van der Waals surface area contributed by atoms with Crippen molar-refractivity contribution >= 4 is 23.5 Å². The van der Waals surface area contributed by atoms with Gasteiger partial charge in [0.2, 0.25) is 5.91 Å². The van der Waals surface area contributed by atoms with Crippen LogP contribution >= 0.6 is 0 Å². The van der Waals surface area contributed by atoms with Crippen molar-refractivity contribution in [1.29, 1.82) is 10.5 Å². The highest BCUT2D eigenvalue weighted by Crippen LogP contribution is 2.70. The number of carbonyl (C=O) groups is 3. The second kappa shape index (κ2) is 7.88. The molecule has 2 aliphatic carbocycles. The van der Waals surface area contributed by atoms with Crippen LogP contribution in [0.15, 0.2) is 18.2 Å². The number of aromatic nitrogens is 2. The Balaban J connectivity index is 1.89. The molecule has 1 heterocycles. The highest BCUT2D eigenvalue weighted by Gasteiger charge is 2.73. The van der Waals surface area contributed by atoms with E-state index in [1.54, 1.807) is 0 Å². The first-order chi connectivity index (χ1) is 16.5. The van der Waals surface area contributed by atoms with E-state index in [2.05, 4.69) is 15.3 Å². The lowest BCUT2D eigenvalue weighted by Crippen LogP contribution is -2.48. The Morgan fingerprint density at radius 1 is 0.943 bits per heavy atom. The van der Waals surface area contributed by atoms with E-state index in [-0.39, 0.29) is 28.2 Å². The van der Waals surface area contributed by atoms with Crippen molar-refractivity contribution in [2.24, 2.45) is 5.41 Å². The number of ether oxygens (including phenoxy) is 2. The van der Waals surface area contributed by atoms with Crippen molar-refractivity contribution in [2.45, 2.75) is 44.4 Å². The maximum absolute atomic E-state index is 14.1. The fourth-order valence-electron chi connectivity index (χ4n) is 5.55. The van der Waals surface area contributed by atoms with Gasteiger partial charge in [0.25, 0.3) is 0 Å². The summed E-state index contributed by atoms with van der Waals surface area (Å²) >= 11 is 0. The number of hydrogen-bond acceptors (Lipinski definition) is 9. The van der Waals surface area contributed by atoms with Gasteiger partial charge in [-0.1, -0.05) is 20.8 Å². The molecule has 0 spiro atoms. The zero-order valence-electron chi connectivity index (χ0n) is 20.0. The molecule has 0 aliphatic heterocycles. The zero-order chi connectivity index (χ0) is 25.8. The van der Waals surface area contributed by atoms with Gasteiger partial charge in [-0.05, 0) is 36.5 Å². The minimum atomic E-state index is -1.20. The predicted octanol–water partition coefficient (Wildman–Crippen LogP) is 2.76. The van der Waals surface area contributed by atoms with Crippen LogP contribution in [0.2, 0.25) is 0 Å². The molecule has 2 aliphatic rings. The molecule has 10 heteroatoms. The molecule has 10 nitrogen and oxygen atoms in total. The minimum absolute atomic E-state index is 0.0605. The predicted molar refractivity (Wildman–Crippen MR) is 121 cm³/mol. The number of benzene rings is 1. The van der Waals surface area contributed by atoms with Crippen LogP contribution in [0.1, 0.15) is 77.1 Å². The number of amides is 1. The summed E-state index contributed by atoms with van der Waals surface area (Å²) in [4.78, 5) is 47.5. The monoisotopic (exact) mass is 473 g/mol. The molecule has 2 atom stereocenters. The molecule has 1 N–H and O–H groups in total. The summed E-state index contributed by atoms with van der Waals surface area (Å²) in [5, 5.41) is 21.8. The molecule has 4 rings (SSSR count). The number of nitrogens with zero attached hydrogens (tertiary/aromatic N) is 4. The molecule has 2 aromatic rings. The number of nitriles is 2. The van der Waals surface area contributed by atoms with Crippen molar-refractivity contribution in [1.82, 2.24) is 9.97 Å². The molecule has 2 unspecified atom stereocenters. The van der Waals surface area contributed by atoms with Crippen molar-refractivity contribution in [3.63, 3.8) is 0 Å². The van der Waals surface area contributed by atoms with E-state index in [4.69, 9.17) is 9.47 Å². The van der Waals surface area contributed by atoms with Gasteiger partial charge in [0.1, 0.15) is 12.1 Å². The molecule has 1 fully saturated rings. The molecule has 0 radical (unpaired) electrons. The summed E-state index contributed by atoms with van der Waals surface area (Å²) < 4.78 is 9.61. The maximum atomic E-state index is 14.1. The summed E-state index contributed by atoms with van der Waals surface area (Å²) in [5.74, 6) is -1.79. The molecular formula is C25H23N5O5. The van der Waals surface area contributed by atoms with Gasteiger partial charge in [0.15, 0.2) is 11.4 Å². The first-order valence-corrected chi connectivity index (χ1v) is 10.9. The second-order valence-electron chi connectivity index (χ2n) is 9.40. The maximum Gasteiger partial charge on any atom is 0.339 e. The van der Waals surface area contributed by atoms with Gasteiger partial charge < -0.3 is 14.8 Å². The van der Waals surface area contributed by atoms with E-state index in [9.17, 15) is 24.9 Å². The number of rotatable bonds is 4. The largest absolute Gasteiger partial charge is 0.465 e. The summed E-state index contributed by atoms with van der Waals surface area (Å²) in [5.41, 5.74) is -1.53. The second-order valence-corrected chi connectivity index (χ2v) is 9.40. The van der Waals surface area contributed by atoms with E-state index in [0.29, 0.717) is 24.2 Å². The minimum Gasteiger partial charge on any atom is -0.465 e. The van der Waals surface area contributed by atoms with Gasteiger partial charge in [-0.3, -0.25) is 4.79 Å². The van der Waals surface area contributed by atoms with Crippen LogP contribution in [0, 0.1) is 28.1 Å². The van der Waals surface area contributed by atoms with E-state index >= 15 is 0 Å². The average molecular weight is 473 g/mol. The van der Waals surface area contributed by atoms with E-state index in [1.807, 2.05) is 32.9 Å². The standard InChI is InChI=1S/C25H23N5O5/c1-23(2)24(3)8-9-25(23,19-18(24)28-16(11-26)17(12-27)29-19)22(33)30-15-10-13(20(31)34-4)6-7-14(15)21(32)35-5/h6-7,10H,8-9H2,1-5H3,(H,30,33). The molecule has 35 heavy (non-hydrogen) atoms. The smallest absolute Gasteiger partial charge is 0.339 e. The van der Waals surface area contributed by atoms with Crippen LogP contribution in [-0.4, -0.2) is 42.0 Å². The summed E-state index contributed by atoms with van der Waals surface area (Å²) in [7, 11) is 2.44. The van der Waals surface area contributed by atoms with Crippen LogP contribution in [0.3, 0.4) is 0 Å². The quantitative estimate of drug-likeness (QED) is 0.660. The van der Waals surface area contributed by atoms with Gasteiger partial charge in [-0.25, -0.2) is 19.6 Å². The van der Waals surface area contributed by atoms with E-state index < -0.39 is 34.1 Å². The molecular weight excluding hydrogens is 450 g/mol. The number of fused-ring (bicyclic) bond motifs is 5. The van der Waals surface area contributed by atoms with Crippen LogP contribution in [-0.2, 0) is 25.1 Å². The molecule has 1 amide bonds. The molecule has 1 aromatic heterocycles. The van der Waals surface area contributed by atoms with Gasteiger partial charge in [0, 0.05) is 5.41 Å². The number of methoxy groups -OCH3 is 2. The third kappa shape index (κ3) is 2.96. The van der Waals surface area contributed by atoms with Gasteiger partial charge in [-0.15, -0.1) is 0 Å². The molecule has 1 aromatic carbocycles. The van der Waals surface area contributed by atoms with Crippen molar-refractivity contribution in [3.8, 4) is 12.1 Å². The van der Waals surface area contributed by atoms with E-state index in [1.165, 1.54) is 32.4 Å². The van der Waals surface area contributed by atoms with Gasteiger partial charge in [0.05, 0.1) is 47.8 Å².